The van der Waals surface area contributed by atoms with Crippen molar-refractivity contribution in [3.05, 3.63) is 24.0 Å². The highest BCUT2D eigenvalue weighted by atomic mass is 16.4. The predicted octanol–water partition coefficient (Wildman–Crippen LogP) is 1.49. The highest BCUT2D eigenvalue weighted by molar-refractivity contribution is 5.58. The molecule has 0 saturated heterocycles. The molecule has 0 aliphatic heterocycles. The molecule has 0 aliphatic carbocycles. The minimum atomic E-state index is 0.663. The first-order chi connectivity index (χ1) is 7.72. The average molecular weight is 220 g/mol. The lowest BCUT2D eigenvalue weighted by molar-refractivity contribution is 0.482. The van der Waals surface area contributed by atoms with Crippen molar-refractivity contribution in [3.63, 3.8) is 0 Å². The number of oxazole rings is 1. The van der Waals surface area contributed by atoms with Gasteiger partial charge in [-0.1, -0.05) is 6.92 Å². The molecule has 2 aromatic heterocycles. The first-order valence-electron chi connectivity index (χ1n) is 5.36. The largest absolute Gasteiger partial charge is 0.439 e. The third kappa shape index (κ3) is 1.99. The molecule has 2 heterocycles. The number of aromatic nitrogens is 3. The van der Waals surface area contributed by atoms with Crippen LogP contribution < -0.4 is 5.32 Å². The summed E-state index contributed by atoms with van der Waals surface area (Å²) in [6, 6.07) is 0. The van der Waals surface area contributed by atoms with Gasteiger partial charge in [-0.2, -0.15) is 5.10 Å². The van der Waals surface area contributed by atoms with E-state index in [-0.39, 0.29) is 0 Å². The molecule has 2 aromatic rings. The van der Waals surface area contributed by atoms with Gasteiger partial charge in [-0.15, -0.1) is 0 Å². The van der Waals surface area contributed by atoms with Crippen LogP contribution in [0.25, 0.3) is 11.3 Å². The zero-order valence-electron chi connectivity index (χ0n) is 9.82. The molecule has 0 fully saturated rings. The second-order valence-electron chi connectivity index (χ2n) is 3.67. The van der Waals surface area contributed by atoms with Gasteiger partial charge in [0.05, 0.1) is 24.5 Å². The van der Waals surface area contributed by atoms with E-state index >= 15 is 0 Å². The number of hydrogen-bond donors (Lipinski definition) is 1. The second-order valence-corrected chi connectivity index (χ2v) is 3.67. The molecule has 0 radical (unpaired) electrons. The van der Waals surface area contributed by atoms with E-state index in [1.165, 1.54) is 0 Å². The van der Waals surface area contributed by atoms with Gasteiger partial charge in [0, 0.05) is 12.7 Å². The lowest BCUT2D eigenvalue weighted by Gasteiger charge is -1.97. The Morgan fingerprint density at radius 2 is 2.25 bits per heavy atom. The van der Waals surface area contributed by atoms with E-state index in [2.05, 4.69) is 22.3 Å². The van der Waals surface area contributed by atoms with E-state index < -0.39 is 0 Å². The Morgan fingerprint density at radius 1 is 1.44 bits per heavy atom. The number of nitrogens with one attached hydrogen (secondary N) is 1. The molecule has 5 nitrogen and oxygen atoms in total. The summed E-state index contributed by atoms with van der Waals surface area (Å²) < 4.78 is 7.46. The van der Waals surface area contributed by atoms with Crippen LogP contribution in [0, 0.1) is 6.92 Å². The van der Waals surface area contributed by atoms with Crippen molar-refractivity contribution in [2.45, 2.75) is 20.4 Å². The van der Waals surface area contributed by atoms with Crippen molar-refractivity contribution < 1.29 is 4.42 Å². The van der Waals surface area contributed by atoms with Crippen molar-refractivity contribution in [2.24, 2.45) is 7.05 Å². The van der Waals surface area contributed by atoms with E-state index in [9.17, 15) is 0 Å². The Morgan fingerprint density at radius 3 is 2.88 bits per heavy atom. The van der Waals surface area contributed by atoms with Gasteiger partial charge in [0.2, 0.25) is 5.89 Å². The summed E-state index contributed by atoms with van der Waals surface area (Å²) in [5.74, 6) is 1.48. The lowest BCUT2D eigenvalue weighted by atomic mass is 10.2. The summed E-state index contributed by atoms with van der Waals surface area (Å²) in [5, 5.41) is 7.35. The summed E-state index contributed by atoms with van der Waals surface area (Å²) in [7, 11) is 1.91. The molecule has 0 atom stereocenters. The summed E-state index contributed by atoms with van der Waals surface area (Å²) >= 11 is 0. The summed E-state index contributed by atoms with van der Waals surface area (Å²) in [6.45, 7) is 5.63. The first kappa shape index (κ1) is 10.9. The Labute approximate surface area is 94.5 Å². The van der Waals surface area contributed by atoms with Gasteiger partial charge in [0.15, 0.2) is 5.76 Å². The van der Waals surface area contributed by atoms with Crippen LogP contribution in [-0.4, -0.2) is 21.3 Å². The third-order valence-electron chi connectivity index (χ3n) is 2.58. The van der Waals surface area contributed by atoms with E-state index in [0.29, 0.717) is 12.4 Å². The molecule has 0 amide bonds. The van der Waals surface area contributed by atoms with Crippen molar-refractivity contribution in [1.29, 1.82) is 0 Å². The molecular weight excluding hydrogens is 204 g/mol. The van der Waals surface area contributed by atoms with Crippen LogP contribution in [0.2, 0.25) is 0 Å². The fourth-order valence-electron chi connectivity index (χ4n) is 1.49. The number of aryl methyl sites for hydroxylation is 1. The van der Waals surface area contributed by atoms with Crippen LogP contribution in [0.3, 0.4) is 0 Å². The Hall–Kier alpha value is -1.62. The molecular formula is C11H16N4O. The van der Waals surface area contributed by atoms with Crippen molar-refractivity contribution >= 4 is 0 Å². The van der Waals surface area contributed by atoms with Crippen LogP contribution >= 0.6 is 0 Å². The topological polar surface area (TPSA) is 55.9 Å². The fourth-order valence-corrected chi connectivity index (χ4v) is 1.49. The molecule has 0 aromatic carbocycles. The van der Waals surface area contributed by atoms with E-state index in [4.69, 9.17) is 4.42 Å². The van der Waals surface area contributed by atoms with Gasteiger partial charge in [-0.3, -0.25) is 4.68 Å². The SMILES string of the molecule is CCNCc1ncc(-c2cnn(C)c2C)o1. The molecule has 1 N–H and O–H groups in total. The molecule has 16 heavy (non-hydrogen) atoms. The van der Waals surface area contributed by atoms with Gasteiger partial charge in [-0.25, -0.2) is 4.98 Å². The average Bonchev–Trinajstić information content (AvgIpc) is 2.85. The quantitative estimate of drug-likeness (QED) is 0.848. The highest BCUT2D eigenvalue weighted by Crippen LogP contribution is 2.23. The Kier molecular flexibility index (Phi) is 3.05. The summed E-state index contributed by atoms with van der Waals surface area (Å²) in [6.07, 6.45) is 3.55. The molecule has 0 spiro atoms. The predicted molar refractivity (Wildman–Crippen MR) is 60.8 cm³/mol. The molecule has 0 unspecified atom stereocenters. The van der Waals surface area contributed by atoms with Crippen LogP contribution in [0.5, 0.6) is 0 Å². The summed E-state index contributed by atoms with van der Waals surface area (Å²) in [4.78, 5) is 4.21. The minimum absolute atomic E-state index is 0.663. The van der Waals surface area contributed by atoms with Gasteiger partial charge in [-0.05, 0) is 13.5 Å². The van der Waals surface area contributed by atoms with Crippen LogP contribution in [0.4, 0.5) is 0 Å². The van der Waals surface area contributed by atoms with Gasteiger partial charge in [0.1, 0.15) is 0 Å². The third-order valence-corrected chi connectivity index (χ3v) is 2.58. The maximum Gasteiger partial charge on any atom is 0.208 e. The fraction of sp³-hybridized carbons (Fsp3) is 0.455. The van der Waals surface area contributed by atoms with Gasteiger partial charge < -0.3 is 9.73 Å². The second kappa shape index (κ2) is 4.49. The molecule has 86 valence electrons. The lowest BCUT2D eigenvalue weighted by Crippen LogP contribution is -2.11. The monoisotopic (exact) mass is 220 g/mol. The van der Waals surface area contributed by atoms with E-state index in [1.807, 2.05) is 18.7 Å². The highest BCUT2D eigenvalue weighted by Gasteiger charge is 2.11. The van der Waals surface area contributed by atoms with Crippen LogP contribution in [0.1, 0.15) is 18.5 Å². The van der Waals surface area contributed by atoms with Gasteiger partial charge in [0.25, 0.3) is 0 Å². The molecule has 5 heteroatoms. The van der Waals surface area contributed by atoms with E-state index in [0.717, 1.165) is 23.6 Å². The summed E-state index contributed by atoms with van der Waals surface area (Å²) in [5.41, 5.74) is 2.07. The number of nitrogens with zero attached hydrogens (tertiary/aromatic N) is 3. The molecule has 2 rings (SSSR count). The Bertz CT molecular complexity index is 472. The number of rotatable bonds is 4. The Balaban J connectivity index is 2.21. The zero-order valence-corrected chi connectivity index (χ0v) is 9.82. The van der Waals surface area contributed by atoms with Crippen molar-refractivity contribution in [1.82, 2.24) is 20.1 Å². The zero-order chi connectivity index (χ0) is 11.5. The van der Waals surface area contributed by atoms with Crippen LogP contribution in [0.15, 0.2) is 16.8 Å². The maximum atomic E-state index is 5.64. The van der Waals surface area contributed by atoms with Gasteiger partial charge >= 0.3 is 0 Å². The molecule has 0 bridgehead atoms. The maximum absolute atomic E-state index is 5.64. The van der Waals surface area contributed by atoms with Crippen LogP contribution in [-0.2, 0) is 13.6 Å². The minimum Gasteiger partial charge on any atom is -0.439 e. The normalized spacial score (nSPS) is 10.9. The molecule has 0 aliphatic rings. The number of hydrogen-bond acceptors (Lipinski definition) is 4. The first-order valence-corrected chi connectivity index (χ1v) is 5.36. The van der Waals surface area contributed by atoms with Crippen molar-refractivity contribution in [2.75, 3.05) is 6.54 Å². The van der Waals surface area contributed by atoms with E-state index in [1.54, 1.807) is 12.4 Å². The standard InChI is InChI=1S/C11H16N4O/c1-4-12-7-11-13-6-10(16-11)9-5-14-15(3)8(9)2/h5-6,12H,4,7H2,1-3H3. The smallest absolute Gasteiger partial charge is 0.208 e. The van der Waals surface area contributed by atoms with Crippen molar-refractivity contribution in [3.8, 4) is 11.3 Å². The molecule has 0 saturated carbocycles.